The van der Waals surface area contributed by atoms with E-state index in [9.17, 15) is 9.18 Å². The van der Waals surface area contributed by atoms with Crippen molar-refractivity contribution < 1.29 is 9.18 Å². The maximum absolute atomic E-state index is 13.5. The highest BCUT2D eigenvalue weighted by Gasteiger charge is 2.38. The molecule has 0 aliphatic heterocycles. The van der Waals surface area contributed by atoms with Crippen molar-refractivity contribution in [1.82, 2.24) is 10.6 Å². The normalized spacial score (nSPS) is 15.5. The Morgan fingerprint density at radius 2 is 1.70 bits per heavy atom. The van der Waals surface area contributed by atoms with Crippen LogP contribution in [0, 0.1) is 5.82 Å². The molecule has 0 atom stereocenters. The second-order valence-electron chi connectivity index (χ2n) is 6.13. The fraction of sp³-hybridized carbons (Fsp3) is 0.316. The lowest BCUT2D eigenvalue weighted by atomic mass is 9.64. The van der Waals surface area contributed by atoms with E-state index in [1.54, 1.807) is 18.2 Å². The third-order valence-corrected chi connectivity index (χ3v) is 4.68. The number of urea groups is 1. The molecule has 2 amide bonds. The number of halogens is 1. The van der Waals surface area contributed by atoms with E-state index in [0.717, 1.165) is 12.8 Å². The summed E-state index contributed by atoms with van der Waals surface area (Å²) in [5.74, 6) is -0.299. The molecule has 1 fully saturated rings. The van der Waals surface area contributed by atoms with Crippen LogP contribution in [0.25, 0.3) is 0 Å². The third-order valence-electron chi connectivity index (χ3n) is 4.68. The van der Waals surface area contributed by atoms with E-state index in [4.69, 9.17) is 0 Å². The van der Waals surface area contributed by atoms with Crippen molar-refractivity contribution in [2.45, 2.75) is 31.2 Å². The minimum absolute atomic E-state index is 0.0522. The van der Waals surface area contributed by atoms with Gasteiger partial charge in [-0.2, -0.15) is 0 Å². The van der Waals surface area contributed by atoms with Gasteiger partial charge in [-0.15, -0.1) is 0 Å². The Hall–Kier alpha value is -2.36. The molecule has 0 spiro atoms. The van der Waals surface area contributed by atoms with Crippen LogP contribution in [0.1, 0.15) is 30.4 Å². The number of carbonyl (C=O) groups is 1. The van der Waals surface area contributed by atoms with Crippen LogP contribution < -0.4 is 10.6 Å². The highest BCUT2D eigenvalue weighted by molar-refractivity contribution is 5.74. The molecule has 1 aliphatic carbocycles. The highest BCUT2D eigenvalue weighted by atomic mass is 19.1. The largest absolute Gasteiger partial charge is 0.337 e. The number of rotatable bonds is 5. The number of hydrogen-bond donors (Lipinski definition) is 2. The van der Waals surface area contributed by atoms with Crippen molar-refractivity contribution in [1.29, 1.82) is 0 Å². The zero-order valence-electron chi connectivity index (χ0n) is 13.0. The van der Waals surface area contributed by atoms with Gasteiger partial charge in [0.1, 0.15) is 5.82 Å². The minimum atomic E-state index is -0.299. The van der Waals surface area contributed by atoms with Crippen molar-refractivity contribution in [3.8, 4) is 0 Å². The van der Waals surface area contributed by atoms with Gasteiger partial charge in [0.2, 0.25) is 0 Å². The topological polar surface area (TPSA) is 41.1 Å². The van der Waals surface area contributed by atoms with Crippen molar-refractivity contribution in [3.63, 3.8) is 0 Å². The molecule has 0 heterocycles. The van der Waals surface area contributed by atoms with E-state index in [1.165, 1.54) is 18.1 Å². The van der Waals surface area contributed by atoms with Crippen LogP contribution >= 0.6 is 0 Å². The number of amides is 2. The van der Waals surface area contributed by atoms with Gasteiger partial charge in [0.15, 0.2) is 0 Å². The average molecular weight is 312 g/mol. The molecule has 0 aromatic heterocycles. The Bertz CT molecular complexity index is 668. The minimum Gasteiger partial charge on any atom is -0.337 e. The summed E-state index contributed by atoms with van der Waals surface area (Å²) >= 11 is 0. The average Bonchev–Trinajstić information content (AvgIpc) is 2.54. The van der Waals surface area contributed by atoms with E-state index in [1.807, 2.05) is 18.2 Å². The van der Waals surface area contributed by atoms with E-state index in [0.29, 0.717) is 12.1 Å². The van der Waals surface area contributed by atoms with Crippen LogP contribution in [-0.2, 0) is 12.0 Å². The fourth-order valence-electron chi connectivity index (χ4n) is 3.09. The van der Waals surface area contributed by atoms with E-state index >= 15 is 0 Å². The van der Waals surface area contributed by atoms with Crippen molar-refractivity contribution >= 4 is 6.03 Å². The van der Waals surface area contributed by atoms with Crippen LogP contribution in [0.15, 0.2) is 54.6 Å². The molecule has 3 rings (SSSR count). The van der Waals surface area contributed by atoms with Gasteiger partial charge < -0.3 is 10.6 Å². The molecule has 0 bridgehead atoms. The molecular weight excluding hydrogens is 291 g/mol. The SMILES string of the molecule is O=C(NCc1ccccc1F)NCC1(c2ccccc2)CCC1. The van der Waals surface area contributed by atoms with Crippen molar-refractivity contribution in [3.05, 3.63) is 71.5 Å². The Kier molecular flexibility index (Phi) is 4.60. The van der Waals surface area contributed by atoms with E-state index < -0.39 is 0 Å². The molecule has 2 aromatic carbocycles. The predicted molar refractivity (Wildman–Crippen MR) is 88.6 cm³/mol. The summed E-state index contributed by atoms with van der Waals surface area (Å²) in [6.07, 6.45) is 3.36. The van der Waals surface area contributed by atoms with Crippen LogP contribution in [0.4, 0.5) is 9.18 Å². The molecule has 23 heavy (non-hydrogen) atoms. The van der Waals surface area contributed by atoms with Crippen LogP contribution in [-0.4, -0.2) is 12.6 Å². The first-order valence-corrected chi connectivity index (χ1v) is 8.00. The van der Waals surface area contributed by atoms with Gasteiger partial charge in [-0.1, -0.05) is 55.0 Å². The first kappa shape index (κ1) is 15.5. The smallest absolute Gasteiger partial charge is 0.315 e. The number of hydrogen-bond acceptors (Lipinski definition) is 1. The summed E-state index contributed by atoms with van der Waals surface area (Å²) in [4.78, 5) is 12.0. The maximum Gasteiger partial charge on any atom is 0.315 e. The Morgan fingerprint density at radius 3 is 2.35 bits per heavy atom. The summed E-state index contributed by atoms with van der Waals surface area (Å²) in [6.45, 7) is 0.803. The molecule has 2 N–H and O–H groups in total. The van der Waals surface area contributed by atoms with E-state index in [-0.39, 0.29) is 23.8 Å². The van der Waals surface area contributed by atoms with Crippen molar-refractivity contribution in [2.24, 2.45) is 0 Å². The molecule has 120 valence electrons. The zero-order valence-corrected chi connectivity index (χ0v) is 13.0. The summed E-state index contributed by atoms with van der Waals surface area (Å²) < 4.78 is 13.5. The highest BCUT2D eigenvalue weighted by Crippen LogP contribution is 2.43. The molecule has 1 saturated carbocycles. The lowest BCUT2D eigenvalue weighted by Gasteiger charge is -2.42. The molecule has 0 radical (unpaired) electrons. The Balaban J connectivity index is 1.53. The number of benzene rings is 2. The Labute approximate surface area is 135 Å². The standard InChI is InChI=1S/C19H21FN2O/c20-17-10-5-4-7-15(17)13-21-18(23)22-14-19(11-6-12-19)16-8-2-1-3-9-16/h1-5,7-10H,6,11-14H2,(H2,21,22,23). The van der Waals surface area contributed by atoms with Crippen LogP contribution in [0.2, 0.25) is 0 Å². The first-order valence-electron chi connectivity index (χ1n) is 8.00. The second-order valence-corrected chi connectivity index (χ2v) is 6.13. The fourth-order valence-corrected chi connectivity index (χ4v) is 3.09. The van der Waals surface area contributed by atoms with Gasteiger partial charge in [-0.05, 0) is 24.5 Å². The lowest BCUT2D eigenvalue weighted by Crippen LogP contribution is -2.48. The van der Waals surface area contributed by atoms with Crippen LogP contribution in [0.5, 0.6) is 0 Å². The molecule has 0 saturated heterocycles. The maximum atomic E-state index is 13.5. The number of carbonyl (C=O) groups excluding carboxylic acids is 1. The van der Waals surface area contributed by atoms with Gasteiger partial charge in [0, 0.05) is 24.1 Å². The molecule has 3 nitrogen and oxygen atoms in total. The first-order chi connectivity index (χ1) is 11.2. The molecular formula is C19H21FN2O. The van der Waals surface area contributed by atoms with Crippen LogP contribution in [0.3, 0.4) is 0 Å². The zero-order chi connectivity index (χ0) is 16.1. The molecule has 1 aliphatic rings. The third kappa shape index (κ3) is 3.52. The van der Waals surface area contributed by atoms with Gasteiger partial charge >= 0.3 is 6.03 Å². The summed E-state index contributed by atoms with van der Waals surface area (Å²) in [7, 11) is 0. The summed E-state index contributed by atoms with van der Waals surface area (Å²) in [5, 5.41) is 5.66. The summed E-state index contributed by atoms with van der Waals surface area (Å²) in [6, 6.07) is 16.5. The van der Waals surface area contributed by atoms with E-state index in [2.05, 4.69) is 22.8 Å². The van der Waals surface area contributed by atoms with Gasteiger partial charge in [0.25, 0.3) is 0 Å². The molecule has 2 aromatic rings. The number of nitrogens with one attached hydrogen (secondary N) is 2. The second kappa shape index (κ2) is 6.82. The van der Waals surface area contributed by atoms with Crippen molar-refractivity contribution in [2.75, 3.05) is 6.54 Å². The van der Waals surface area contributed by atoms with Gasteiger partial charge in [-0.25, -0.2) is 9.18 Å². The summed E-state index contributed by atoms with van der Waals surface area (Å²) in [5.41, 5.74) is 1.82. The predicted octanol–water partition coefficient (Wildman–Crippen LogP) is 3.75. The van der Waals surface area contributed by atoms with Gasteiger partial charge in [-0.3, -0.25) is 0 Å². The Morgan fingerprint density at radius 1 is 1.00 bits per heavy atom. The molecule has 4 heteroatoms. The van der Waals surface area contributed by atoms with Gasteiger partial charge in [0.05, 0.1) is 0 Å². The lowest BCUT2D eigenvalue weighted by molar-refractivity contribution is 0.214. The molecule has 0 unspecified atom stereocenters. The quantitative estimate of drug-likeness (QED) is 0.867. The monoisotopic (exact) mass is 312 g/mol.